The van der Waals surface area contributed by atoms with E-state index in [0.717, 1.165) is 0 Å². The molecule has 2 N–H and O–H groups in total. The molecular weight excluding hydrogens is 284 g/mol. The van der Waals surface area contributed by atoms with E-state index in [-0.39, 0.29) is 23.1 Å². The van der Waals surface area contributed by atoms with Gasteiger partial charge in [0.15, 0.2) is 0 Å². The van der Waals surface area contributed by atoms with E-state index in [2.05, 4.69) is 9.97 Å². The van der Waals surface area contributed by atoms with E-state index in [4.69, 9.17) is 22.1 Å². The predicted molar refractivity (Wildman–Crippen MR) is 74.1 cm³/mol. The van der Waals surface area contributed by atoms with Crippen molar-refractivity contribution in [3.05, 3.63) is 44.7 Å². The summed E-state index contributed by atoms with van der Waals surface area (Å²) in [5, 5.41) is 11.3. The molecule has 0 atom stereocenters. The van der Waals surface area contributed by atoms with Gasteiger partial charge in [-0.2, -0.15) is 4.98 Å². The molecule has 2 rings (SSSR count). The SMILES string of the molecule is Cc1nc(N)c(C)c(Oc2cc(Cl)ccc2[N+](=O)[O-])n1. The number of anilines is 1. The predicted octanol–water partition coefficient (Wildman–Crippen LogP) is 3.03. The lowest BCUT2D eigenvalue weighted by atomic mass is 10.3. The minimum Gasteiger partial charge on any atom is -0.431 e. The number of aromatic nitrogens is 2. The Morgan fingerprint density at radius 1 is 1.35 bits per heavy atom. The van der Waals surface area contributed by atoms with Crippen molar-refractivity contribution < 1.29 is 9.66 Å². The van der Waals surface area contributed by atoms with E-state index in [9.17, 15) is 10.1 Å². The zero-order valence-electron chi connectivity index (χ0n) is 10.8. The van der Waals surface area contributed by atoms with Crippen LogP contribution in [0.3, 0.4) is 0 Å². The maximum atomic E-state index is 11.0. The Morgan fingerprint density at radius 2 is 2.05 bits per heavy atom. The van der Waals surface area contributed by atoms with Gasteiger partial charge in [-0.25, -0.2) is 4.98 Å². The van der Waals surface area contributed by atoms with E-state index >= 15 is 0 Å². The number of nitrogens with zero attached hydrogens (tertiary/aromatic N) is 3. The number of benzene rings is 1. The quantitative estimate of drug-likeness (QED) is 0.689. The lowest BCUT2D eigenvalue weighted by molar-refractivity contribution is -0.385. The third kappa shape index (κ3) is 2.77. The molecule has 0 spiro atoms. The molecule has 0 aliphatic heterocycles. The monoisotopic (exact) mass is 294 g/mol. The number of nitrogens with two attached hydrogens (primary N) is 1. The van der Waals surface area contributed by atoms with Gasteiger partial charge < -0.3 is 10.5 Å². The van der Waals surface area contributed by atoms with Gasteiger partial charge in [0, 0.05) is 17.2 Å². The largest absolute Gasteiger partial charge is 0.431 e. The highest BCUT2D eigenvalue weighted by molar-refractivity contribution is 6.30. The Labute approximate surface area is 119 Å². The summed E-state index contributed by atoms with van der Waals surface area (Å²) in [5.74, 6) is 0.841. The molecule has 0 radical (unpaired) electrons. The Kier molecular flexibility index (Phi) is 3.71. The van der Waals surface area contributed by atoms with Crippen molar-refractivity contribution in [2.45, 2.75) is 13.8 Å². The number of hydrogen-bond acceptors (Lipinski definition) is 6. The molecule has 0 fully saturated rings. The number of halogens is 1. The van der Waals surface area contributed by atoms with Gasteiger partial charge in [0.25, 0.3) is 0 Å². The van der Waals surface area contributed by atoms with Gasteiger partial charge in [-0.05, 0) is 19.9 Å². The van der Waals surface area contributed by atoms with Crippen molar-refractivity contribution in [3.8, 4) is 11.6 Å². The van der Waals surface area contributed by atoms with Gasteiger partial charge >= 0.3 is 5.69 Å². The van der Waals surface area contributed by atoms with Crippen LogP contribution in [-0.2, 0) is 0 Å². The van der Waals surface area contributed by atoms with Crippen LogP contribution in [0.5, 0.6) is 11.6 Å². The van der Waals surface area contributed by atoms with E-state index in [1.54, 1.807) is 13.8 Å². The topological polar surface area (TPSA) is 104 Å². The molecule has 1 heterocycles. The summed E-state index contributed by atoms with van der Waals surface area (Å²) < 4.78 is 5.49. The second kappa shape index (κ2) is 5.30. The summed E-state index contributed by atoms with van der Waals surface area (Å²) >= 11 is 5.83. The Balaban J connectivity index is 2.50. The first kappa shape index (κ1) is 14.0. The van der Waals surface area contributed by atoms with Crippen molar-refractivity contribution >= 4 is 23.1 Å². The minimum atomic E-state index is -0.557. The van der Waals surface area contributed by atoms with Gasteiger partial charge in [0.2, 0.25) is 11.6 Å². The lowest BCUT2D eigenvalue weighted by Crippen LogP contribution is -2.03. The van der Waals surface area contributed by atoms with Crippen LogP contribution in [0.25, 0.3) is 0 Å². The molecule has 7 nitrogen and oxygen atoms in total. The zero-order valence-corrected chi connectivity index (χ0v) is 11.5. The number of aryl methyl sites for hydroxylation is 1. The molecule has 0 aliphatic rings. The third-order valence-electron chi connectivity index (χ3n) is 2.58. The summed E-state index contributed by atoms with van der Waals surface area (Å²) in [6.07, 6.45) is 0. The molecule has 104 valence electrons. The fourth-order valence-corrected chi connectivity index (χ4v) is 1.71. The van der Waals surface area contributed by atoms with Crippen LogP contribution in [0.15, 0.2) is 18.2 Å². The maximum absolute atomic E-state index is 11.0. The number of nitro benzene ring substituents is 1. The number of nitrogen functional groups attached to an aromatic ring is 1. The van der Waals surface area contributed by atoms with Crippen LogP contribution >= 0.6 is 11.6 Å². The van der Waals surface area contributed by atoms with Crippen LogP contribution in [0.4, 0.5) is 11.5 Å². The van der Waals surface area contributed by atoms with Crippen LogP contribution in [0, 0.1) is 24.0 Å². The van der Waals surface area contributed by atoms with Crippen molar-refractivity contribution in [3.63, 3.8) is 0 Å². The van der Waals surface area contributed by atoms with Gasteiger partial charge in [-0.3, -0.25) is 10.1 Å². The minimum absolute atomic E-state index is 0.00287. The number of hydrogen-bond donors (Lipinski definition) is 1. The lowest BCUT2D eigenvalue weighted by Gasteiger charge is -2.10. The highest BCUT2D eigenvalue weighted by atomic mass is 35.5. The van der Waals surface area contributed by atoms with E-state index in [1.165, 1.54) is 18.2 Å². The van der Waals surface area contributed by atoms with Gasteiger partial charge in [-0.1, -0.05) is 11.6 Å². The third-order valence-corrected chi connectivity index (χ3v) is 2.81. The number of nitro groups is 1. The molecule has 0 bridgehead atoms. The second-order valence-electron chi connectivity index (χ2n) is 4.06. The molecule has 0 saturated heterocycles. The summed E-state index contributed by atoms with van der Waals surface area (Å²) in [6.45, 7) is 3.32. The van der Waals surface area contributed by atoms with Crippen LogP contribution < -0.4 is 10.5 Å². The van der Waals surface area contributed by atoms with Crippen molar-refractivity contribution in [2.24, 2.45) is 0 Å². The first-order chi connectivity index (χ1) is 9.38. The van der Waals surface area contributed by atoms with Crippen molar-refractivity contribution in [1.82, 2.24) is 9.97 Å². The summed E-state index contributed by atoms with van der Waals surface area (Å²) in [6, 6.07) is 4.04. The molecular formula is C12H11ClN4O3. The van der Waals surface area contributed by atoms with Crippen LogP contribution in [0.1, 0.15) is 11.4 Å². The van der Waals surface area contributed by atoms with E-state index < -0.39 is 4.92 Å². The van der Waals surface area contributed by atoms with Gasteiger partial charge in [0.05, 0.1) is 10.5 Å². The molecule has 20 heavy (non-hydrogen) atoms. The van der Waals surface area contributed by atoms with E-state index in [1.807, 2.05) is 0 Å². The Morgan fingerprint density at radius 3 is 2.70 bits per heavy atom. The summed E-state index contributed by atoms with van der Waals surface area (Å²) in [5.41, 5.74) is 6.01. The highest BCUT2D eigenvalue weighted by Crippen LogP contribution is 2.34. The maximum Gasteiger partial charge on any atom is 0.311 e. The molecule has 0 aliphatic carbocycles. The van der Waals surface area contributed by atoms with Gasteiger partial charge in [0.1, 0.15) is 11.6 Å². The molecule has 1 aromatic carbocycles. The summed E-state index contributed by atoms with van der Waals surface area (Å²) in [4.78, 5) is 18.5. The molecule has 0 amide bonds. The number of rotatable bonds is 3. The molecule has 2 aromatic rings. The molecule has 0 saturated carbocycles. The van der Waals surface area contributed by atoms with Gasteiger partial charge in [-0.15, -0.1) is 0 Å². The van der Waals surface area contributed by atoms with Crippen LogP contribution in [0.2, 0.25) is 5.02 Å². The van der Waals surface area contributed by atoms with Crippen LogP contribution in [-0.4, -0.2) is 14.9 Å². The first-order valence-electron chi connectivity index (χ1n) is 5.61. The van der Waals surface area contributed by atoms with Crippen molar-refractivity contribution in [2.75, 3.05) is 5.73 Å². The van der Waals surface area contributed by atoms with Crippen molar-refractivity contribution in [1.29, 1.82) is 0 Å². The molecule has 8 heteroatoms. The summed E-state index contributed by atoms with van der Waals surface area (Å²) in [7, 11) is 0. The Hall–Kier alpha value is -2.41. The Bertz CT molecular complexity index is 691. The number of ether oxygens (including phenoxy) is 1. The van der Waals surface area contributed by atoms with E-state index in [0.29, 0.717) is 16.4 Å². The smallest absolute Gasteiger partial charge is 0.311 e. The standard InChI is InChI=1S/C12H11ClN4O3/c1-6-11(14)15-7(2)16-12(6)20-10-5-8(13)3-4-9(10)17(18)19/h3-5H,1-2H3,(H2,14,15,16). The average molecular weight is 295 g/mol. The molecule has 0 unspecified atom stereocenters. The first-order valence-corrected chi connectivity index (χ1v) is 5.99. The fourth-order valence-electron chi connectivity index (χ4n) is 1.55. The average Bonchev–Trinajstić information content (AvgIpc) is 2.35. The fraction of sp³-hybridized carbons (Fsp3) is 0.167. The normalized spacial score (nSPS) is 10.3. The second-order valence-corrected chi connectivity index (χ2v) is 4.49. The molecule has 1 aromatic heterocycles. The zero-order chi connectivity index (χ0) is 14.9. The highest BCUT2D eigenvalue weighted by Gasteiger charge is 2.18.